The molecule has 2 aromatic rings. The van der Waals surface area contributed by atoms with E-state index in [0.717, 1.165) is 9.26 Å². The maximum Gasteiger partial charge on any atom is 0.215 e. The summed E-state index contributed by atoms with van der Waals surface area (Å²) in [5.74, 6) is 1.14. The van der Waals surface area contributed by atoms with Crippen molar-refractivity contribution in [1.82, 2.24) is 4.98 Å². The van der Waals surface area contributed by atoms with Gasteiger partial charge in [0.25, 0.3) is 0 Å². The lowest BCUT2D eigenvalue weighted by atomic mass is 10.3. The van der Waals surface area contributed by atoms with Crippen molar-refractivity contribution in [2.24, 2.45) is 0 Å². The first-order valence-corrected chi connectivity index (χ1v) is 6.10. The number of pyridine rings is 1. The molecule has 0 radical (unpaired) electrons. The van der Waals surface area contributed by atoms with E-state index in [2.05, 4.69) is 32.9 Å². The summed E-state index contributed by atoms with van der Waals surface area (Å²) >= 11 is 2.25. The number of hydrogen-bond donors (Lipinski definition) is 2. The Kier molecular flexibility index (Phi) is 3.68. The van der Waals surface area contributed by atoms with Crippen LogP contribution in [-0.2, 0) is 0 Å². The molecule has 0 fully saturated rings. The average Bonchev–Trinajstić information content (AvgIpc) is 2.32. The summed E-state index contributed by atoms with van der Waals surface area (Å²) in [4.78, 5) is 4.25. The molecule has 0 aliphatic rings. The second kappa shape index (κ2) is 5.22. The molecule has 5 heteroatoms. The quantitative estimate of drug-likeness (QED) is 0.843. The van der Waals surface area contributed by atoms with Crippen LogP contribution < -0.4 is 15.8 Å². The highest BCUT2D eigenvalue weighted by Gasteiger charge is 2.03. The van der Waals surface area contributed by atoms with Gasteiger partial charge in [0.15, 0.2) is 5.82 Å². The van der Waals surface area contributed by atoms with Gasteiger partial charge < -0.3 is 15.8 Å². The highest BCUT2D eigenvalue weighted by molar-refractivity contribution is 14.1. The minimum Gasteiger partial charge on any atom is -0.481 e. The molecule has 4 nitrogen and oxygen atoms in total. The predicted molar refractivity (Wildman–Crippen MR) is 77.6 cm³/mol. The zero-order valence-corrected chi connectivity index (χ0v) is 11.4. The van der Waals surface area contributed by atoms with Crippen LogP contribution in [0.5, 0.6) is 5.88 Å². The van der Waals surface area contributed by atoms with Gasteiger partial charge in [0, 0.05) is 15.3 Å². The number of halogens is 1. The first-order chi connectivity index (χ1) is 8.19. The van der Waals surface area contributed by atoms with Crippen molar-refractivity contribution in [2.75, 3.05) is 18.2 Å². The fourth-order valence-corrected chi connectivity index (χ4v) is 1.91. The molecular weight excluding hydrogens is 329 g/mol. The Bertz CT molecular complexity index is 531. The van der Waals surface area contributed by atoms with Crippen molar-refractivity contribution in [1.29, 1.82) is 0 Å². The molecule has 0 aliphatic heterocycles. The molecule has 0 atom stereocenters. The molecule has 0 saturated carbocycles. The molecular formula is C12H12IN3O. The Morgan fingerprint density at radius 2 is 2.12 bits per heavy atom. The van der Waals surface area contributed by atoms with Crippen LogP contribution in [0, 0.1) is 3.57 Å². The number of nitrogen functional groups attached to an aromatic ring is 1. The fourth-order valence-electron chi connectivity index (χ4n) is 1.37. The van der Waals surface area contributed by atoms with E-state index in [4.69, 9.17) is 10.5 Å². The summed E-state index contributed by atoms with van der Waals surface area (Å²) in [6.07, 6.45) is 0. The van der Waals surface area contributed by atoms with Crippen molar-refractivity contribution in [3.63, 3.8) is 0 Å². The molecule has 1 aromatic heterocycles. The second-order valence-electron chi connectivity index (χ2n) is 3.43. The van der Waals surface area contributed by atoms with Gasteiger partial charge in [0.1, 0.15) is 0 Å². The summed E-state index contributed by atoms with van der Waals surface area (Å²) in [6.45, 7) is 0. The van der Waals surface area contributed by atoms with Gasteiger partial charge in [0.05, 0.1) is 12.8 Å². The Hall–Kier alpha value is -1.50. The second-order valence-corrected chi connectivity index (χ2v) is 4.67. The van der Waals surface area contributed by atoms with Gasteiger partial charge in [-0.1, -0.05) is 6.07 Å². The number of nitrogens with two attached hydrogens (primary N) is 1. The van der Waals surface area contributed by atoms with Gasteiger partial charge in [-0.25, -0.2) is 0 Å². The SMILES string of the molecule is COc1ccc(N)c(Nc2cccc(I)c2)n1. The summed E-state index contributed by atoms with van der Waals surface area (Å²) < 4.78 is 6.21. The molecule has 88 valence electrons. The van der Waals surface area contributed by atoms with Crippen molar-refractivity contribution in [3.8, 4) is 5.88 Å². The van der Waals surface area contributed by atoms with Gasteiger partial charge in [0.2, 0.25) is 5.88 Å². The van der Waals surface area contributed by atoms with E-state index in [9.17, 15) is 0 Å². The Morgan fingerprint density at radius 1 is 1.29 bits per heavy atom. The molecule has 3 N–H and O–H groups in total. The van der Waals surface area contributed by atoms with Crippen molar-refractivity contribution < 1.29 is 4.74 Å². The van der Waals surface area contributed by atoms with Crippen LogP contribution in [0.15, 0.2) is 36.4 Å². The van der Waals surface area contributed by atoms with Crippen molar-refractivity contribution in [3.05, 3.63) is 40.0 Å². The van der Waals surface area contributed by atoms with Gasteiger partial charge >= 0.3 is 0 Å². The molecule has 2 rings (SSSR count). The molecule has 0 aliphatic carbocycles. The van der Waals surface area contributed by atoms with E-state index >= 15 is 0 Å². The molecule has 17 heavy (non-hydrogen) atoms. The normalized spacial score (nSPS) is 10.0. The number of anilines is 3. The Labute approximate surface area is 113 Å². The van der Waals surface area contributed by atoms with E-state index < -0.39 is 0 Å². The molecule has 0 saturated heterocycles. The van der Waals surface area contributed by atoms with Gasteiger partial charge in [-0.15, -0.1) is 0 Å². The highest BCUT2D eigenvalue weighted by Crippen LogP contribution is 2.24. The number of aromatic nitrogens is 1. The van der Waals surface area contributed by atoms with E-state index in [-0.39, 0.29) is 0 Å². The first-order valence-electron chi connectivity index (χ1n) is 5.02. The van der Waals surface area contributed by atoms with E-state index in [1.807, 2.05) is 24.3 Å². The summed E-state index contributed by atoms with van der Waals surface area (Å²) in [7, 11) is 1.58. The van der Waals surface area contributed by atoms with Crippen LogP contribution in [-0.4, -0.2) is 12.1 Å². The molecule has 0 unspecified atom stereocenters. The molecule has 1 heterocycles. The molecule has 0 bridgehead atoms. The third kappa shape index (κ3) is 3.00. The first kappa shape index (κ1) is 12.0. The molecule has 1 aromatic carbocycles. The zero-order chi connectivity index (χ0) is 12.3. The summed E-state index contributed by atoms with van der Waals surface area (Å²) in [6, 6.07) is 11.5. The smallest absolute Gasteiger partial charge is 0.215 e. The van der Waals surface area contributed by atoms with Crippen molar-refractivity contribution in [2.45, 2.75) is 0 Å². The number of nitrogens with one attached hydrogen (secondary N) is 1. The van der Waals surface area contributed by atoms with Crippen LogP contribution >= 0.6 is 22.6 Å². The standard InChI is InChI=1S/C12H12IN3O/c1-17-11-6-5-10(14)12(16-11)15-9-4-2-3-8(13)7-9/h2-7H,14H2,1H3,(H,15,16). The largest absolute Gasteiger partial charge is 0.481 e. The highest BCUT2D eigenvalue weighted by atomic mass is 127. The van der Waals surface area contributed by atoms with E-state index in [1.54, 1.807) is 19.2 Å². The van der Waals surface area contributed by atoms with Gasteiger partial charge in [-0.2, -0.15) is 4.98 Å². The third-order valence-electron chi connectivity index (χ3n) is 2.20. The molecule has 0 amide bonds. The number of benzene rings is 1. The van der Waals surface area contributed by atoms with Crippen LogP contribution in [0.4, 0.5) is 17.2 Å². The third-order valence-corrected chi connectivity index (χ3v) is 2.87. The van der Waals surface area contributed by atoms with Crippen LogP contribution in [0.25, 0.3) is 0 Å². The predicted octanol–water partition coefficient (Wildman–Crippen LogP) is 3.02. The number of ether oxygens (including phenoxy) is 1. The zero-order valence-electron chi connectivity index (χ0n) is 9.27. The number of hydrogen-bond acceptors (Lipinski definition) is 4. The monoisotopic (exact) mass is 341 g/mol. The summed E-state index contributed by atoms with van der Waals surface area (Å²) in [5.41, 5.74) is 7.38. The lowest BCUT2D eigenvalue weighted by molar-refractivity contribution is 0.398. The van der Waals surface area contributed by atoms with Crippen LogP contribution in [0.2, 0.25) is 0 Å². The molecule has 0 spiro atoms. The van der Waals surface area contributed by atoms with Gasteiger partial charge in [-0.05, 0) is 46.9 Å². The topological polar surface area (TPSA) is 60.2 Å². The van der Waals surface area contributed by atoms with Crippen LogP contribution in [0.3, 0.4) is 0 Å². The van der Waals surface area contributed by atoms with E-state index in [1.165, 1.54) is 0 Å². The van der Waals surface area contributed by atoms with Crippen molar-refractivity contribution >= 4 is 39.8 Å². The number of nitrogens with zero attached hydrogens (tertiary/aromatic N) is 1. The lowest BCUT2D eigenvalue weighted by Crippen LogP contribution is -2.00. The lowest BCUT2D eigenvalue weighted by Gasteiger charge is -2.09. The average molecular weight is 341 g/mol. The van der Waals surface area contributed by atoms with E-state index in [0.29, 0.717) is 17.4 Å². The number of rotatable bonds is 3. The Balaban J connectivity index is 2.29. The number of methoxy groups -OCH3 is 1. The minimum atomic E-state index is 0.535. The maximum atomic E-state index is 5.85. The Morgan fingerprint density at radius 3 is 2.82 bits per heavy atom. The summed E-state index contributed by atoms with van der Waals surface area (Å²) in [5, 5.41) is 3.17. The minimum absolute atomic E-state index is 0.535. The van der Waals surface area contributed by atoms with Crippen LogP contribution in [0.1, 0.15) is 0 Å². The maximum absolute atomic E-state index is 5.85. The fraction of sp³-hybridized carbons (Fsp3) is 0.0833. The van der Waals surface area contributed by atoms with Gasteiger partial charge in [-0.3, -0.25) is 0 Å².